The number of carbonyl (C=O) groups excluding carboxylic acids is 1. The smallest absolute Gasteiger partial charge is 0.241 e. The lowest BCUT2D eigenvalue weighted by Crippen LogP contribution is -2.05. The minimum absolute atomic E-state index is 0.0266. The number of hydrogen-bond donors (Lipinski definition) is 1. The number of nitriles is 1. The van der Waals surface area contributed by atoms with Crippen LogP contribution in [0, 0.1) is 17.1 Å². The van der Waals surface area contributed by atoms with Gasteiger partial charge in [-0.2, -0.15) is 5.26 Å². The minimum atomic E-state index is -0.612. The van der Waals surface area contributed by atoms with Crippen molar-refractivity contribution >= 4 is 12.0 Å². The molecule has 2 N–H and O–H groups in total. The number of nitrogens with two attached hydrogens (primary N) is 1. The molecule has 0 radical (unpaired) electrons. The van der Waals surface area contributed by atoms with Gasteiger partial charge in [0.25, 0.3) is 0 Å². The van der Waals surface area contributed by atoms with E-state index in [1.54, 1.807) is 6.07 Å². The topological polar surface area (TPSA) is 66.9 Å². The van der Waals surface area contributed by atoms with Crippen LogP contribution in [0.1, 0.15) is 11.1 Å². The molecule has 3 nitrogen and oxygen atoms in total. The summed E-state index contributed by atoms with van der Waals surface area (Å²) in [6.45, 7) is 0. The van der Waals surface area contributed by atoms with Gasteiger partial charge in [0.2, 0.25) is 5.91 Å². The van der Waals surface area contributed by atoms with E-state index >= 15 is 0 Å². The molecule has 1 amide bonds. The van der Waals surface area contributed by atoms with Crippen molar-refractivity contribution in [3.8, 4) is 6.07 Å². The third kappa shape index (κ3) is 2.42. The van der Waals surface area contributed by atoms with Crippen LogP contribution in [0.4, 0.5) is 4.39 Å². The fourth-order valence-electron chi connectivity index (χ4n) is 0.904. The van der Waals surface area contributed by atoms with E-state index in [1.165, 1.54) is 18.2 Å². The molecule has 0 unspecified atom stereocenters. The summed E-state index contributed by atoms with van der Waals surface area (Å²) in [5.41, 5.74) is 5.32. The monoisotopic (exact) mass is 190 g/mol. The van der Waals surface area contributed by atoms with Crippen LogP contribution in [-0.2, 0) is 4.79 Å². The van der Waals surface area contributed by atoms with Gasteiger partial charge in [0.1, 0.15) is 11.9 Å². The Bertz CT molecular complexity index is 432. The number of nitrogens with zero attached hydrogens (tertiary/aromatic N) is 1. The summed E-state index contributed by atoms with van der Waals surface area (Å²) in [6.07, 6.45) is 2.51. The Kier molecular flexibility index (Phi) is 2.97. The van der Waals surface area contributed by atoms with Gasteiger partial charge >= 0.3 is 0 Å². The maximum Gasteiger partial charge on any atom is 0.241 e. The molecular weight excluding hydrogens is 183 g/mol. The summed E-state index contributed by atoms with van der Waals surface area (Å²) in [4.78, 5) is 10.4. The van der Waals surface area contributed by atoms with E-state index < -0.39 is 11.7 Å². The van der Waals surface area contributed by atoms with Crippen LogP contribution in [0.2, 0.25) is 0 Å². The summed E-state index contributed by atoms with van der Waals surface area (Å²) in [5.74, 6) is -1.21. The highest BCUT2D eigenvalue weighted by molar-refractivity contribution is 5.90. The van der Waals surface area contributed by atoms with Crippen molar-refractivity contribution in [2.45, 2.75) is 0 Å². The van der Waals surface area contributed by atoms with Gasteiger partial charge in [-0.3, -0.25) is 4.79 Å². The third-order valence-electron chi connectivity index (χ3n) is 1.55. The van der Waals surface area contributed by atoms with Crippen molar-refractivity contribution in [3.05, 3.63) is 41.2 Å². The molecule has 0 fully saturated rings. The number of rotatable bonds is 2. The molecule has 0 aliphatic heterocycles. The number of amides is 1. The van der Waals surface area contributed by atoms with Gasteiger partial charge in [0, 0.05) is 6.08 Å². The van der Waals surface area contributed by atoms with Gasteiger partial charge in [-0.25, -0.2) is 4.39 Å². The van der Waals surface area contributed by atoms with Crippen molar-refractivity contribution in [2.24, 2.45) is 5.73 Å². The second kappa shape index (κ2) is 4.19. The molecule has 1 rings (SSSR count). The SMILES string of the molecule is N#Cc1ccc(C=CC(N)=O)cc1F. The highest BCUT2D eigenvalue weighted by Crippen LogP contribution is 2.10. The fourth-order valence-corrected chi connectivity index (χ4v) is 0.904. The maximum absolute atomic E-state index is 13.0. The van der Waals surface area contributed by atoms with Crippen LogP contribution in [0.5, 0.6) is 0 Å². The summed E-state index contributed by atoms with van der Waals surface area (Å²) in [5, 5.41) is 8.45. The van der Waals surface area contributed by atoms with E-state index in [9.17, 15) is 9.18 Å². The average molecular weight is 190 g/mol. The van der Waals surface area contributed by atoms with E-state index in [4.69, 9.17) is 11.0 Å². The van der Waals surface area contributed by atoms with Crippen LogP contribution >= 0.6 is 0 Å². The molecule has 0 spiro atoms. The summed E-state index contributed by atoms with van der Waals surface area (Å²) in [7, 11) is 0. The summed E-state index contributed by atoms with van der Waals surface area (Å²) >= 11 is 0. The van der Waals surface area contributed by atoms with Crippen molar-refractivity contribution in [1.82, 2.24) is 0 Å². The maximum atomic E-state index is 13.0. The van der Waals surface area contributed by atoms with Gasteiger partial charge in [0.15, 0.2) is 0 Å². The average Bonchev–Trinajstić information content (AvgIpc) is 2.15. The first kappa shape index (κ1) is 9.93. The zero-order valence-corrected chi connectivity index (χ0v) is 7.20. The Morgan fingerprint density at radius 1 is 1.57 bits per heavy atom. The van der Waals surface area contributed by atoms with Gasteiger partial charge in [-0.05, 0) is 23.8 Å². The molecule has 4 heteroatoms. The molecule has 0 heterocycles. The second-order valence-electron chi connectivity index (χ2n) is 2.59. The molecule has 0 saturated heterocycles. The number of primary amides is 1. The van der Waals surface area contributed by atoms with E-state index in [-0.39, 0.29) is 5.56 Å². The largest absolute Gasteiger partial charge is 0.366 e. The van der Waals surface area contributed by atoms with E-state index in [1.807, 2.05) is 0 Å². The predicted octanol–water partition coefficient (Wildman–Crippen LogP) is 1.20. The lowest BCUT2D eigenvalue weighted by atomic mass is 10.1. The molecule has 0 aliphatic rings. The number of benzene rings is 1. The Morgan fingerprint density at radius 3 is 2.79 bits per heavy atom. The highest BCUT2D eigenvalue weighted by atomic mass is 19.1. The third-order valence-corrected chi connectivity index (χ3v) is 1.55. The van der Waals surface area contributed by atoms with E-state index in [0.29, 0.717) is 5.56 Å². The van der Waals surface area contributed by atoms with Gasteiger partial charge in [-0.1, -0.05) is 6.07 Å². The Morgan fingerprint density at radius 2 is 2.29 bits per heavy atom. The normalized spacial score (nSPS) is 10.0. The van der Waals surface area contributed by atoms with E-state index in [0.717, 1.165) is 12.1 Å². The standard InChI is InChI=1S/C10H7FN2O/c11-9-5-7(2-4-10(13)14)1-3-8(9)6-12/h1-5H,(H2,13,14). The quantitative estimate of drug-likeness (QED) is 0.712. The first-order valence-corrected chi connectivity index (χ1v) is 3.80. The molecule has 0 saturated carbocycles. The van der Waals surface area contributed by atoms with Crippen molar-refractivity contribution in [3.63, 3.8) is 0 Å². The Balaban J connectivity index is 2.99. The first-order chi connectivity index (χ1) is 6.63. The van der Waals surface area contributed by atoms with Crippen LogP contribution in [-0.4, -0.2) is 5.91 Å². The summed E-state index contributed by atoms with van der Waals surface area (Å²) < 4.78 is 13.0. The number of hydrogen-bond acceptors (Lipinski definition) is 2. The first-order valence-electron chi connectivity index (χ1n) is 3.80. The fraction of sp³-hybridized carbons (Fsp3) is 0. The molecule has 1 aromatic carbocycles. The van der Waals surface area contributed by atoms with Gasteiger partial charge in [-0.15, -0.1) is 0 Å². The predicted molar refractivity (Wildman–Crippen MR) is 49.3 cm³/mol. The number of halogens is 1. The lowest BCUT2D eigenvalue weighted by molar-refractivity contribution is -0.113. The molecule has 0 bridgehead atoms. The van der Waals surface area contributed by atoms with Crippen LogP contribution in [0.15, 0.2) is 24.3 Å². The molecular formula is C10H7FN2O. The molecule has 70 valence electrons. The van der Waals surface area contributed by atoms with Crippen LogP contribution in [0.3, 0.4) is 0 Å². The van der Waals surface area contributed by atoms with Crippen LogP contribution < -0.4 is 5.73 Å². The zero-order valence-electron chi connectivity index (χ0n) is 7.20. The van der Waals surface area contributed by atoms with Crippen molar-refractivity contribution in [1.29, 1.82) is 5.26 Å². The molecule has 0 aromatic heterocycles. The molecule has 0 aliphatic carbocycles. The Hall–Kier alpha value is -2.15. The molecule has 1 aromatic rings. The van der Waals surface area contributed by atoms with Crippen LogP contribution in [0.25, 0.3) is 6.08 Å². The van der Waals surface area contributed by atoms with Crippen molar-refractivity contribution in [2.75, 3.05) is 0 Å². The van der Waals surface area contributed by atoms with E-state index in [2.05, 4.69) is 0 Å². The Labute approximate surface area is 80.3 Å². The van der Waals surface area contributed by atoms with Crippen molar-refractivity contribution < 1.29 is 9.18 Å². The summed E-state index contributed by atoms with van der Waals surface area (Å²) in [6, 6.07) is 5.73. The minimum Gasteiger partial charge on any atom is -0.366 e. The van der Waals surface area contributed by atoms with Gasteiger partial charge in [0.05, 0.1) is 5.56 Å². The molecule has 0 atom stereocenters. The lowest BCUT2D eigenvalue weighted by Gasteiger charge is -1.95. The highest BCUT2D eigenvalue weighted by Gasteiger charge is 2.00. The molecule has 14 heavy (non-hydrogen) atoms. The number of carbonyl (C=O) groups is 1. The zero-order chi connectivity index (χ0) is 10.6. The van der Waals surface area contributed by atoms with Gasteiger partial charge < -0.3 is 5.73 Å². The second-order valence-corrected chi connectivity index (χ2v) is 2.59.